The molecule has 0 atom stereocenters. The highest BCUT2D eigenvalue weighted by Gasteiger charge is 2.30. The Morgan fingerprint density at radius 3 is 2.42 bits per heavy atom. The van der Waals surface area contributed by atoms with Gasteiger partial charge in [-0.2, -0.15) is 0 Å². The summed E-state index contributed by atoms with van der Waals surface area (Å²) in [6.07, 6.45) is 1.67. The van der Waals surface area contributed by atoms with Crippen molar-refractivity contribution in [1.29, 1.82) is 0 Å². The van der Waals surface area contributed by atoms with Crippen molar-refractivity contribution in [3.8, 4) is 0 Å². The van der Waals surface area contributed by atoms with Crippen LogP contribution >= 0.6 is 0 Å². The molecule has 0 unspecified atom stereocenters. The van der Waals surface area contributed by atoms with E-state index < -0.39 is 0 Å². The maximum atomic E-state index is 13.6. The highest BCUT2D eigenvalue weighted by Crippen LogP contribution is 2.36. The van der Waals surface area contributed by atoms with Gasteiger partial charge in [-0.1, -0.05) is 31.2 Å². The molecular formula is C33H41N7O3. The van der Waals surface area contributed by atoms with Gasteiger partial charge in [0, 0.05) is 77.1 Å². The molecule has 2 aromatic carbocycles. The summed E-state index contributed by atoms with van der Waals surface area (Å²) in [5.74, 6) is -0.298. The molecule has 2 aliphatic rings. The van der Waals surface area contributed by atoms with Gasteiger partial charge in [-0.05, 0) is 55.4 Å². The Morgan fingerprint density at radius 2 is 1.67 bits per heavy atom. The van der Waals surface area contributed by atoms with Crippen LogP contribution in [0.25, 0.3) is 0 Å². The van der Waals surface area contributed by atoms with Gasteiger partial charge in [0.15, 0.2) is 5.82 Å². The Bertz CT molecular complexity index is 1420. The lowest BCUT2D eigenvalue weighted by Gasteiger charge is -2.30. The van der Waals surface area contributed by atoms with E-state index in [1.165, 1.54) is 16.2 Å². The third-order valence-corrected chi connectivity index (χ3v) is 8.13. The first-order valence-electron chi connectivity index (χ1n) is 15.2. The highest BCUT2D eigenvalue weighted by atomic mass is 16.2. The SMILES string of the molecule is CCN(CCN(CC)C(=O)CCC(=O)N1c2ccccc2C(=O)Nc2cccnc21)Cc1ccc(N2CCNCC2)cc1. The van der Waals surface area contributed by atoms with E-state index in [1.54, 1.807) is 42.6 Å². The maximum absolute atomic E-state index is 13.6. The number of anilines is 4. The van der Waals surface area contributed by atoms with Crippen LogP contribution in [0.4, 0.5) is 22.9 Å². The van der Waals surface area contributed by atoms with Crippen LogP contribution in [0.15, 0.2) is 66.9 Å². The lowest BCUT2D eigenvalue weighted by Crippen LogP contribution is -2.43. The minimum atomic E-state index is -0.302. The third-order valence-electron chi connectivity index (χ3n) is 8.13. The summed E-state index contributed by atoms with van der Waals surface area (Å²) in [4.78, 5) is 52.1. The molecule has 0 saturated carbocycles. The fourth-order valence-corrected chi connectivity index (χ4v) is 5.64. The molecule has 0 bridgehead atoms. The van der Waals surface area contributed by atoms with Gasteiger partial charge in [-0.25, -0.2) is 4.98 Å². The first-order valence-corrected chi connectivity index (χ1v) is 15.2. The van der Waals surface area contributed by atoms with Crippen LogP contribution in [0.3, 0.4) is 0 Å². The van der Waals surface area contributed by atoms with Crippen LogP contribution in [0.5, 0.6) is 0 Å². The van der Waals surface area contributed by atoms with Gasteiger partial charge >= 0.3 is 0 Å². The molecule has 0 aliphatic carbocycles. The summed E-state index contributed by atoms with van der Waals surface area (Å²) in [7, 11) is 0. The fourth-order valence-electron chi connectivity index (χ4n) is 5.64. The molecule has 0 spiro atoms. The molecule has 3 aromatic rings. The number of likely N-dealkylation sites (N-methyl/N-ethyl adjacent to an activating group) is 2. The molecule has 10 nitrogen and oxygen atoms in total. The predicted octanol–water partition coefficient (Wildman–Crippen LogP) is 3.87. The second-order valence-electron chi connectivity index (χ2n) is 10.8. The van der Waals surface area contributed by atoms with E-state index in [2.05, 4.69) is 56.6 Å². The van der Waals surface area contributed by atoms with Crippen molar-refractivity contribution in [3.63, 3.8) is 0 Å². The zero-order chi connectivity index (χ0) is 30.2. The van der Waals surface area contributed by atoms with E-state index in [-0.39, 0.29) is 30.6 Å². The summed E-state index contributed by atoms with van der Waals surface area (Å²) in [6.45, 7) is 11.8. The van der Waals surface area contributed by atoms with Crippen molar-refractivity contribution < 1.29 is 14.4 Å². The van der Waals surface area contributed by atoms with Gasteiger partial charge in [-0.15, -0.1) is 0 Å². The largest absolute Gasteiger partial charge is 0.369 e. The molecular weight excluding hydrogens is 542 g/mol. The lowest BCUT2D eigenvalue weighted by atomic mass is 10.1. The number of hydrogen-bond acceptors (Lipinski definition) is 7. The normalized spacial score (nSPS) is 14.5. The molecule has 3 heterocycles. The van der Waals surface area contributed by atoms with Gasteiger partial charge < -0.3 is 20.4 Å². The number of para-hydroxylation sites is 1. The van der Waals surface area contributed by atoms with Crippen LogP contribution in [0, 0.1) is 0 Å². The highest BCUT2D eigenvalue weighted by molar-refractivity contribution is 6.17. The number of carbonyl (C=O) groups is 3. The topological polar surface area (TPSA) is 101 Å². The Kier molecular flexibility index (Phi) is 10.0. The molecule has 5 rings (SSSR count). The van der Waals surface area contributed by atoms with Gasteiger partial charge in [0.25, 0.3) is 5.91 Å². The minimum absolute atomic E-state index is 0.00476. The number of amides is 3. The molecule has 43 heavy (non-hydrogen) atoms. The average Bonchev–Trinajstić information content (AvgIpc) is 3.17. The fraction of sp³-hybridized carbons (Fsp3) is 0.394. The van der Waals surface area contributed by atoms with Crippen LogP contribution in [-0.4, -0.2) is 84.9 Å². The molecule has 2 N–H and O–H groups in total. The van der Waals surface area contributed by atoms with Crippen molar-refractivity contribution in [2.24, 2.45) is 0 Å². The average molecular weight is 584 g/mol. The quantitative estimate of drug-likeness (QED) is 0.354. The Labute approximate surface area is 253 Å². The monoisotopic (exact) mass is 583 g/mol. The first-order chi connectivity index (χ1) is 21.0. The Morgan fingerprint density at radius 1 is 0.907 bits per heavy atom. The van der Waals surface area contributed by atoms with E-state index in [1.807, 2.05) is 11.8 Å². The van der Waals surface area contributed by atoms with Gasteiger partial charge in [0.1, 0.15) is 0 Å². The Balaban J connectivity index is 1.17. The van der Waals surface area contributed by atoms with Crippen molar-refractivity contribution in [1.82, 2.24) is 20.1 Å². The van der Waals surface area contributed by atoms with Crippen molar-refractivity contribution >= 4 is 40.6 Å². The van der Waals surface area contributed by atoms with E-state index in [0.29, 0.717) is 35.8 Å². The summed E-state index contributed by atoms with van der Waals surface area (Å²) in [5.41, 5.74) is 3.81. The number of rotatable bonds is 11. The molecule has 2 aliphatic heterocycles. The van der Waals surface area contributed by atoms with Crippen molar-refractivity contribution in [3.05, 3.63) is 78.0 Å². The molecule has 1 aromatic heterocycles. The number of nitrogens with one attached hydrogen (secondary N) is 2. The third kappa shape index (κ3) is 7.21. The van der Waals surface area contributed by atoms with Crippen LogP contribution in [0.1, 0.15) is 42.6 Å². The smallest absolute Gasteiger partial charge is 0.257 e. The standard InChI is InChI=1S/C33H41N7O3/c1-3-37(24-25-11-13-26(14-12-25)39-20-18-34-19-21-39)22-23-38(4-2)30(41)15-16-31(42)40-29-10-6-5-8-27(29)33(43)36-28-9-7-17-35-32(28)40/h5-14,17,34H,3-4,15-16,18-24H2,1-2H3,(H,36,43). The number of hydrogen-bond donors (Lipinski definition) is 2. The molecule has 226 valence electrons. The second-order valence-corrected chi connectivity index (χ2v) is 10.8. The van der Waals surface area contributed by atoms with Crippen molar-refractivity contribution in [2.45, 2.75) is 33.2 Å². The molecule has 3 amide bonds. The van der Waals surface area contributed by atoms with E-state index in [9.17, 15) is 14.4 Å². The van der Waals surface area contributed by atoms with Crippen molar-refractivity contribution in [2.75, 3.05) is 67.5 Å². The first kappa shape index (κ1) is 30.2. The summed E-state index contributed by atoms with van der Waals surface area (Å²) < 4.78 is 0. The van der Waals surface area contributed by atoms with E-state index in [4.69, 9.17) is 0 Å². The minimum Gasteiger partial charge on any atom is -0.369 e. The van der Waals surface area contributed by atoms with Crippen LogP contribution in [0.2, 0.25) is 0 Å². The zero-order valence-corrected chi connectivity index (χ0v) is 25.1. The summed E-state index contributed by atoms with van der Waals surface area (Å²) in [6, 6.07) is 19.2. The molecule has 10 heteroatoms. The zero-order valence-electron chi connectivity index (χ0n) is 25.1. The van der Waals surface area contributed by atoms with Gasteiger partial charge in [0.2, 0.25) is 11.8 Å². The molecule has 1 saturated heterocycles. The Hall–Kier alpha value is -4.28. The molecule has 1 fully saturated rings. The number of benzene rings is 2. The van der Waals surface area contributed by atoms with E-state index >= 15 is 0 Å². The van der Waals surface area contributed by atoms with Gasteiger partial charge in [-0.3, -0.25) is 24.2 Å². The van der Waals surface area contributed by atoms with E-state index in [0.717, 1.165) is 45.8 Å². The van der Waals surface area contributed by atoms with Gasteiger partial charge in [0.05, 0.1) is 16.9 Å². The number of carbonyl (C=O) groups excluding carboxylic acids is 3. The summed E-state index contributed by atoms with van der Waals surface area (Å²) >= 11 is 0. The number of aromatic nitrogens is 1. The summed E-state index contributed by atoms with van der Waals surface area (Å²) in [5, 5.41) is 6.24. The maximum Gasteiger partial charge on any atom is 0.257 e. The van der Waals surface area contributed by atoms with Crippen LogP contribution in [-0.2, 0) is 16.1 Å². The predicted molar refractivity (Wildman–Crippen MR) is 170 cm³/mol. The number of piperazine rings is 1. The number of fused-ring (bicyclic) bond motifs is 2. The molecule has 0 radical (unpaired) electrons. The number of pyridine rings is 1. The number of nitrogens with zero attached hydrogens (tertiary/aromatic N) is 5. The van der Waals surface area contributed by atoms with Crippen LogP contribution < -0.4 is 20.4 Å². The second kappa shape index (κ2) is 14.3. The lowest BCUT2D eigenvalue weighted by molar-refractivity contribution is -0.133.